The summed E-state index contributed by atoms with van der Waals surface area (Å²) in [5.41, 5.74) is 2.31. The van der Waals surface area contributed by atoms with Crippen molar-refractivity contribution >= 4 is 17.3 Å². The van der Waals surface area contributed by atoms with E-state index in [4.69, 9.17) is 9.47 Å². The standard InChI is InChI=1S/C20H30N4O2S/c1-6-21-20(23-12-10-19-24-14(2)15(3)27-19)22-11-9-16-7-8-17(25-4)18(13-16)26-5/h7-8,13H,6,9-12H2,1-5H3,(H2,21,22,23). The summed E-state index contributed by atoms with van der Waals surface area (Å²) >= 11 is 1.76. The number of guanidine groups is 1. The van der Waals surface area contributed by atoms with Crippen LogP contribution in [0, 0.1) is 13.8 Å². The van der Waals surface area contributed by atoms with Gasteiger partial charge in [0.25, 0.3) is 0 Å². The molecule has 0 aliphatic carbocycles. The fourth-order valence-electron chi connectivity index (χ4n) is 2.61. The average Bonchev–Trinajstić information content (AvgIpc) is 2.99. The van der Waals surface area contributed by atoms with Crippen LogP contribution < -0.4 is 20.1 Å². The van der Waals surface area contributed by atoms with E-state index < -0.39 is 0 Å². The van der Waals surface area contributed by atoms with Gasteiger partial charge in [0, 0.05) is 30.9 Å². The molecule has 0 spiro atoms. The first-order valence-corrected chi connectivity index (χ1v) is 10.0. The quantitative estimate of drug-likeness (QED) is 0.509. The van der Waals surface area contributed by atoms with Crippen LogP contribution in [-0.4, -0.2) is 44.8 Å². The number of nitrogens with zero attached hydrogens (tertiary/aromatic N) is 2. The predicted octanol–water partition coefficient (Wildman–Crippen LogP) is 3.12. The van der Waals surface area contributed by atoms with Crippen molar-refractivity contribution in [1.29, 1.82) is 0 Å². The first-order valence-electron chi connectivity index (χ1n) is 9.23. The Morgan fingerprint density at radius 2 is 1.89 bits per heavy atom. The second-order valence-corrected chi connectivity index (χ2v) is 7.41. The number of hydrogen-bond acceptors (Lipinski definition) is 5. The molecule has 0 unspecified atom stereocenters. The molecule has 1 aromatic carbocycles. The van der Waals surface area contributed by atoms with Crippen molar-refractivity contribution in [2.75, 3.05) is 33.9 Å². The maximum absolute atomic E-state index is 5.36. The molecule has 2 aromatic rings. The van der Waals surface area contributed by atoms with Crippen molar-refractivity contribution < 1.29 is 9.47 Å². The maximum Gasteiger partial charge on any atom is 0.191 e. The lowest BCUT2D eigenvalue weighted by molar-refractivity contribution is 0.354. The van der Waals surface area contributed by atoms with Gasteiger partial charge >= 0.3 is 0 Å². The Morgan fingerprint density at radius 1 is 1.11 bits per heavy atom. The highest BCUT2D eigenvalue weighted by atomic mass is 32.1. The number of hydrogen-bond donors (Lipinski definition) is 2. The Bertz CT molecular complexity index is 739. The molecule has 0 radical (unpaired) electrons. The van der Waals surface area contributed by atoms with Gasteiger partial charge < -0.3 is 20.1 Å². The molecule has 0 fully saturated rings. The number of nitrogens with one attached hydrogen (secondary N) is 2. The van der Waals surface area contributed by atoms with Crippen LogP contribution in [0.2, 0.25) is 0 Å². The Hall–Kier alpha value is -2.28. The van der Waals surface area contributed by atoms with Gasteiger partial charge in [-0.1, -0.05) is 6.07 Å². The van der Waals surface area contributed by atoms with Crippen molar-refractivity contribution in [2.45, 2.75) is 33.6 Å². The topological polar surface area (TPSA) is 67.8 Å². The van der Waals surface area contributed by atoms with Crippen LogP contribution in [0.5, 0.6) is 11.5 Å². The average molecular weight is 391 g/mol. The van der Waals surface area contributed by atoms with E-state index in [1.165, 1.54) is 10.4 Å². The third-order valence-electron chi connectivity index (χ3n) is 4.17. The molecule has 0 bridgehead atoms. The van der Waals surface area contributed by atoms with E-state index in [0.29, 0.717) is 0 Å². The zero-order chi connectivity index (χ0) is 19.6. The summed E-state index contributed by atoms with van der Waals surface area (Å²) in [7, 11) is 3.30. The normalized spacial score (nSPS) is 11.4. The summed E-state index contributed by atoms with van der Waals surface area (Å²) in [6, 6.07) is 6.00. The Labute approximate surface area is 166 Å². The minimum atomic E-state index is 0.720. The van der Waals surface area contributed by atoms with Gasteiger partial charge in [0.1, 0.15) is 0 Å². The lowest BCUT2D eigenvalue weighted by Gasteiger charge is -2.12. The number of benzene rings is 1. The number of ether oxygens (including phenoxy) is 2. The molecule has 27 heavy (non-hydrogen) atoms. The van der Waals surface area contributed by atoms with Crippen LogP contribution in [0.25, 0.3) is 0 Å². The van der Waals surface area contributed by atoms with Gasteiger partial charge in [-0.15, -0.1) is 11.3 Å². The van der Waals surface area contributed by atoms with Crippen LogP contribution in [0.1, 0.15) is 28.1 Å². The fraction of sp³-hybridized carbons (Fsp3) is 0.500. The summed E-state index contributed by atoms with van der Waals surface area (Å²) in [6.45, 7) is 8.57. The highest BCUT2D eigenvalue weighted by Crippen LogP contribution is 2.27. The number of methoxy groups -OCH3 is 2. The van der Waals surface area contributed by atoms with E-state index in [1.54, 1.807) is 25.6 Å². The molecule has 2 rings (SSSR count). The summed E-state index contributed by atoms with van der Waals surface area (Å²) in [5.74, 6) is 2.34. The van der Waals surface area contributed by atoms with E-state index >= 15 is 0 Å². The van der Waals surface area contributed by atoms with Gasteiger partial charge in [-0.2, -0.15) is 0 Å². The SMILES string of the molecule is CCNC(=NCCc1nc(C)c(C)s1)NCCc1ccc(OC)c(OC)c1. The number of thiazole rings is 1. The van der Waals surface area contributed by atoms with E-state index in [2.05, 4.69) is 47.4 Å². The van der Waals surface area contributed by atoms with Gasteiger partial charge in [0.15, 0.2) is 17.5 Å². The molecule has 0 saturated heterocycles. The molecule has 148 valence electrons. The second kappa shape index (κ2) is 10.8. The lowest BCUT2D eigenvalue weighted by atomic mass is 10.1. The van der Waals surface area contributed by atoms with Gasteiger partial charge in [-0.05, 0) is 44.9 Å². The van der Waals surface area contributed by atoms with Gasteiger partial charge in [-0.25, -0.2) is 4.98 Å². The van der Waals surface area contributed by atoms with Crippen molar-refractivity contribution in [3.8, 4) is 11.5 Å². The number of aryl methyl sites for hydroxylation is 2. The molecule has 0 amide bonds. The van der Waals surface area contributed by atoms with Gasteiger partial charge in [0.05, 0.1) is 24.9 Å². The van der Waals surface area contributed by atoms with Crippen LogP contribution in [0.4, 0.5) is 0 Å². The number of rotatable bonds is 9. The Balaban J connectivity index is 1.86. The summed E-state index contributed by atoms with van der Waals surface area (Å²) in [6.07, 6.45) is 1.74. The highest BCUT2D eigenvalue weighted by Gasteiger charge is 2.06. The van der Waals surface area contributed by atoms with Gasteiger partial charge in [0.2, 0.25) is 0 Å². The van der Waals surface area contributed by atoms with E-state index in [9.17, 15) is 0 Å². The van der Waals surface area contributed by atoms with Crippen molar-refractivity contribution in [3.63, 3.8) is 0 Å². The first-order chi connectivity index (χ1) is 13.1. The molecular weight excluding hydrogens is 360 g/mol. The van der Waals surface area contributed by atoms with Crippen LogP contribution in [0.15, 0.2) is 23.2 Å². The smallest absolute Gasteiger partial charge is 0.191 e. The summed E-state index contributed by atoms with van der Waals surface area (Å²) in [5, 5.41) is 7.83. The number of aliphatic imine (C=N–C) groups is 1. The van der Waals surface area contributed by atoms with Crippen molar-refractivity contribution in [2.24, 2.45) is 4.99 Å². The van der Waals surface area contributed by atoms with Gasteiger partial charge in [-0.3, -0.25) is 4.99 Å². The lowest BCUT2D eigenvalue weighted by Crippen LogP contribution is -2.38. The predicted molar refractivity (Wildman–Crippen MR) is 113 cm³/mol. The van der Waals surface area contributed by atoms with E-state index in [0.717, 1.165) is 60.6 Å². The third kappa shape index (κ3) is 6.43. The molecular formula is C20H30N4O2S. The fourth-order valence-corrected chi connectivity index (χ4v) is 3.54. The monoisotopic (exact) mass is 390 g/mol. The molecule has 0 aliphatic rings. The molecule has 6 nitrogen and oxygen atoms in total. The maximum atomic E-state index is 5.36. The minimum absolute atomic E-state index is 0.720. The Morgan fingerprint density at radius 3 is 2.52 bits per heavy atom. The highest BCUT2D eigenvalue weighted by molar-refractivity contribution is 7.11. The third-order valence-corrected chi connectivity index (χ3v) is 5.30. The first kappa shape index (κ1) is 21.0. The molecule has 0 atom stereocenters. The number of aromatic nitrogens is 1. The molecule has 1 heterocycles. The largest absolute Gasteiger partial charge is 0.493 e. The second-order valence-electron chi connectivity index (χ2n) is 6.13. The van der Waals surface area contributed by atoms with E-state index in [1.807, 2.05) is 12.1 Å². The van der Waals surface area contributed by atoms with Crippen LogP contribution in [-0.2, 0) is 12.8 Å². The van der Waals surface area contributed by atoms with E-state index in [-0.39, 0.29) is 0 Å². The van der Waals surface area contributed by atoms with Crippen LogP contribution in [0.3, 0.4) is 0 Å². The molecule has 0 saturated carbocycles. The van der Waals surface area contributed by atoms with Crippen molar-refractivity contribution in [3.05, 3.63) is 39.3 Å². The zero-order valence-corrected chi connectivity index (χ0v) is 17.7. The molecule has 7 heteroatoms. The Kier molecular flexibility index (Phi) is 8.39. The minimum Gasteiger partial charge on any atom is -0.493 e. The summed E-state index contributed by atoms with van der Waals surface area (Å²) in [4.78, 5) is 10.5. The van der Waals surface area contributed by atoms with Crippen molar-refractivity contribution in [1.82, 2.24) is 15.6 Å². The van der Waals surface area contributed by atoms with Crippen LogP contribution >= 0.6 is 11.3 Å². The zero-order valence-electron chi connectivity index (χ0n) is 16.9. The molecule has 1 aromatic heterocycles. The molecule has 2 N–H and O–H groups in total. The molecule has 0 aliphatic heterocycles. The summed E-state index contributed by atoms with van der Waals surface area (Å²) < 4.78 is 10.6.